The van der Waals surface area contributed by atoms with Crippen molar-refractivity contribution in [3.63, 3.8) is 0 Å². The summed E-state index contributed by atoms with van der Waals surface area (Å²) in [6, 6.07) is 5.13. The number of carbonyl (C=O) groups is 1. The standard InChI is InChI=1S/C21H26N6O3/c1-14-12-15(2)27(24-14)9-3-4-19(29)26-10-7-16(8-11-26)20-23-21(30-25-20)17-5-6-18(28)22-13-17/h5-6,12-13,16H,3-4,7-11H2,1-2H3,(H,22,28). The highest BCUT2D eigenvalue weighted by Crippen LogP contribution is 2.28. The molecule has 1 N–H and O–H groups in total. The number of aromatic nitrogens is 5. The van der Waals surface area contributed by atoms with Crippen molar-refractivity contribution in [2.24, 2.45) is 0 Å². The first-order chi connectivity index (χ1) is 14.5. The van der Waals surface area contributed by atoms with E-state index in [1.54, 1.807) is 12.3 Å². The molecule has 1 saturated heterocycles. The molecule has 0 radical (unpaired) electrons. The van der Waals surface area contributed by atoms with Gasteiger partial charge in [0.2, 0.25) is 11.5 Å². The zero-order chi connectivity index (χ0) is 21.1. The van der Waals surface area contributed by atoms with Crippen molar-refractivity contribution in [2.45, 2.75) is 52.0 Å². The Labute approximate surface area is 174 Å². The number of aromatic amines is 1. The van der Waals surface area contributed by atoms with E-state index in [2.05, 4.69) is 20.2 Å². The SMILES string of the molecule is Cc1cc(C)n(CCCC(=O)N2CCC(c3noc(-c4ccc(=O)[nH]c4)n3)CC2)n1. The van der Waals surface area contributed by atoms with Crippen LogP contribution in [-0.2, 0) is 11.3 Å². The summed E-state index contributed by atoms with van der Waals surface area (Å²) in [7, 11) is 0. The summed E-state index contributed by atoms with van der Waals surface area (Å²) in [4.78, 5) is 32.8. The zero-order valence-corrected chi connectivity index (χ0v) is 17.3. The Bertz CT molecular complexity index is 1050. The van der Waals surface area contributed by atoms with Crippen LogP contribution in [0.3, 0.4) is 0 Å². The molecule has 4 heterocycles. The molecular formula is C21H26N6O3. The number of amides is 1. The number of pyridine rings is 1. The van der Waals surface area contributed by atoms with Crippen molar-refractivity contribution in [1.29, 1.82) is 0 Å². The number of rotatable bonds is 6. The summed E-state index contributed by atoms with van der Waals surface area (Å²) >= 11 is 0. The highest BCUT2D eigenvalue weighted by Gasteiger charge is 2.27. The number of hydrogen-bond donors (Lipinski definition) is 1. The number of aryl methyl sites for hydroxylation is 3. The minimum absolute atomic E-state index is 0.170. The van der Waals surface area contributed by atoms with Gasteiger partial charge in [-0.3, -0.25) is 14.3 Å². The molecule has 9 nitrogen and oxygen atoms in total. The highest BCUT2D eigenvalue weighted by molar-refractivity contribution is 5.76. The largest absolute Gasteiger partial charge is 0.343 e. The molecule has 1 aliphatic rings. The van der Waals surface area contributed by atoms with E-state index < -0.39 is 0 Å². The predicted octanol–water partition coefficient (Wildman–Crippen LogP) is 2.42. The van der Waals surface area contributed by atoms with Gasteiger partial charge in [0.05, 0.1) is 11.3 Å². The van der Waals surface area contributed by atoms with Gasteiger partial charge in [0.1, 0.15) is 0 Å². The third-order valence-electron chi connectivity index (χ3n) is 5.55. The number of likely N-dealkylation sites (tertiary alicyclic amines) is 1. The first kappa shape index (κ1) is 20.1. The zero-order valence-electron chi connectivity index (χ0n) is 17.3. The maximum Gasteiger partial charge on any atom is 0.259 e. The summed E-state index contributed by atoms with van der Waals surface area (Å²) in [5.41, 5.74) is 2.64. The number of hydrogen-bond acceptors (Lipinski definition) is 6. The molecule has 30 heavy (non-hydrogen) atoms. The molecule has 9 heteroatoms. The molecule has 0 aliphatic carbocycles. The molecule has 1 aliphatic heterocycles. The molecule has 158 valence electrons. The fourth-order valence-corrected chi connectivity index (χ4v) is 3.89. The Hall–Kier alpha value is -3.23. The lowest BCUT2D eigenvalue weighted by Crippen LogP contribution is -2.38. The Morgan fingerprint density at radius 3 is 2.73 bits per heavy atom. The van der Waals surface area contributed by atoms with Crippen molar-refractivity contribution in [2.75, 3.05) is 13.1 Å². The minimum atomic E-state index is -0.176. The molecule has 3 aromatic heterocycles. The van der Waals surface area contributed by atoms with E-state index in [9.17, 15) is 9.59 Å². The maximum absolute atomic E-state index is 12.6. The molecule has 3 aromatic rings. The number of carbonyl (C=O) groups excluding carboxylic acids is 1. The Balaban J connectivity index is 1.26. The molecule has 0 unspecified atom stereocenters. The summed E-state index contributed by atoms with van der Waals surface area (Å²) in [5, 5.41) is 8.55. The molecule has 0 saturated carbocycles. The Kier molecular flexibility index (Phi) is 5.78. The van der Waals surface area contributed by atoms with Crippen LogP contribution >= 0.6 is 0 Å². The summed E-state index contributed by atoms with van der Waals surface area (Å²) in [6.45, 7) is 6.18. The lowest BCUT2D eigenvalue weighted by molar-refractivity contribution is -0.132. The van der Waals surface area contributed by atoms with Crippen molar-refractivity contribution in [3.05, 3.63) is 52.0 Å². The average Bonchev–Trinajstić information content (AvgIpc) is 3.35. The molecule has 0 bridgehead atoms. The van der Waals surface area contributed by atoms with E-state index >= 15 is 0 Å². The van der Waals surface area contributed by atoms with Gasteiger partial charge in [-0.15, -0.1) is 0 Å². The predicted molar refractivity (Wildman–Crippen MR) is 110 cm³/mol. The molecule has 1 amide bonds. The molecule has 0 spiro atoms. The number of H-pyrrole nitrogens is 1. The molecular weight excluding hydrogens is 384 g/mol. The van der Waals surface area contributed by atoms with Crippen LogP contribution in [-0.4, -0.2) is 48.8 Å². The summed E-state index contributed by atoms with van der Waals surface area (Å²) in [6.07, 6.45) is 4.50. The second-order valence-electron chi connectivity index (χ2n) is 7.81. The topological polar surface area (TPSA) is 110 Å². The van der Waals surface area contributed by atoms with Gasteiger partial charge in [0, 0.05) is 49.9 Å². The Morgan fingerprint density at radius 1 is 1.27 bits per heavy atom. The third-order valence-corrected chi connectivity index (χ3v) is 5.55. The monoisotopic (exact) mass is 410 g/mol. The fraction of sp³-hybridized carbons (Fsp3) is 0.476. The van der Waals surface area contributed by atoms with Gasteiger partial charge in [-0.25, -0.2) is 0 Å². The van der Waals surface area contributed by atoms with Crippen LogP contribution in [0, 0.1) is 13.8 Å². The van der Waals surface area contributed by atoms with E-state index in [0.717, 1.165) is 37.2 Å². The van der Waals surface area contributed by atoms with Crippen LogP contribution in [0.2, 0.25) is 0 Å². The van der Waals surface area contributed by atoms with E-state index in [0.29, 0.717) is 36.8 Å². The fourth-order valence-electron chi connectivity index (χ4n) is 3.89. The van der Waals surface area contributed by atoms with Gasteiger partial charge in [-0.05, 0) is 45.2 Å². The van der Waals surface area contributed by atoms with Crippen LogP contribution in [0.25, 0.3) is 11.5 Å². The third kappa shape index (κ3) is 4.50. The molecule has 0 atom stereocenters. The van der Waals surface area contributed by atoms with E-state index in [1.165, 1.54) is 6.07 Å². The molecule has 1 fully saturated rings. The van der Waals surface area contributed by atoms with Gasteiger partial charge in [-0.2, -0.15) is 10.1 Å². The number of piperidine rings is 1. The van der Waals surface area contributed by atoms with E-state index in [4.69, 9.17) is 4.52 Å². The number of nitrogens with zero attached hydrogens (tertiary/aromatic N) is 5. The normalized spacial score (nSPS) is 14.9. The molecule has 0 aromatic carbocycles. The van der Waals surface area contributed by atoms with Crippen LogP contribution < -0.4 is 5.56 Å². The highest BCUT2D eigenvalue weighted by atomic mass is 16.5. The first-order valence-corrected chi connectivity index (χ1v) is 10.3. The van der Waals surface area contributed by atoms with Crippen LogP contribution in [0.5, 0.6) is 0 Å². The Morgan fingerprint density at radius 2 is 2.07 bits per heavy atom. The maximum atomic E-state index is 12.6. The van der Waals surface area contributed by atoms with Gasteiger partial charge in [-0.1, -0.05) is 5.16 Å². The van der Waals surface area contributed by atoms with Crippen molar-refractivity contribution < 1.29 is 9.32 Å². The summed E-state index contributed by atoms with van der Waals surface area (Å²) in [5.74, 6) is 1.41. The average molecular weight is 410 g/mol. The molecule has 4 rings (SSSR count). The van der Waals surface area contributed by atoms with Gasteiger partial charge >= 0.3 is 0 Å². The number of nitrogens with one attached hydrogen (secondary N) is 1. The van der Waals surface area contributed by atoms with Gasteiger partial charge in [0.25, 0.3) is 5.89 Å². The van der Waals surface area contributed by atoms with Crippen molar-refractivity contribution in [1.82, 2.24) is 29.8 Å². The first-order valence-electron chi connectivity index (χ1n) is 10.3. The lowest BCUT2D eigenvalue weighted by atomic mass is 9.96. The van der Waals surface area contributed by atoms with Gasteiger partial charge < -0.3 is 14.4 Å². The second kappa shape index (κ2) is 8.64. The van der Waals surface area contributed by atoms with Crippen molar-refractivity contribution in [3.8, 4) is 11.5 Å². The summed E-state index contributed by atoms with van der Waals surface area (Å²) < 4.78 is 7.32. The van der Waals surface area contributed by atoms with E-state index in [1.807, 2.05) is 29.5 Å². The second-order valence-corrected chi connectivity index (χ2v) is 7.81. The minimum Gasteiger partial charge on any atom is -0.343 e. The lowest BCUT2D eigenvalue weighted by Gasteiger charge is -2.30. The smallest absolute Gasteiger partial charge is 0.259 e. The van der Waals surface area contributed by atoms with Crippen LogP contribution in [0.1, 0.15) is 48.8 Å². The van der Waals surface area contributed by atoms with Crippen molar-refractivity contribution >= 4 is 5.91 Å². The quantitative estimate of drug-likeness (QED) is 0.668. The van der Waals surface area contributed by atoms with E-state index in [-0.39, 0.29) is 17.4 Å². The van der Waals surface area contributed by atoms with Crippen LogP contribution in [0.15, 0.2) is 33.7 Å². The van der Waals surface area contributed by atoms with Crippen LogP contribution in [0.4, 0.5) is 0 Å². The van der Waals surface area contributed by atoms with Gasteiger partial charge in [0.15, 0.2) is 5.82 Å².